The SMILES string of the molecule is BrC1=NOC([C@@H]2CCN(Cc3ccccc3)C2)C1. The van der Waals surface area contributed by atoms with Crippen LogP contribution in [0.4, 0.5) is 0 Å². The molecule has 2 atom stereocenters. The first-order valence-corrected chi connectivity index (χ1v) is 7.25. The molecule has 18 heavy (non-hydrogen) atoms. The van der Waals surface area contributed by atoms with Crippen molar-refractivity contribution in [3.8, 4) is 0 Å². The molecule has 3 rings (SSSR count). The minimum absolute atomic E-state index is 0.278. The topological polar surface area (TPSA) is 24.8 Å². The number of hydrogen-bond donors (Lipinski definition) is 0. The van der Waals surface area contributed by atoms with E-state index < -0.39 is 0 Å². The molecule has 2 aliphatic rings. The zero-order valence-electron chi connectivity index (χ0n) is 10.3. The highest BCUT2D eigenvalue weighted by Crippen LogP contribution is 2.29. The van der Waals surface area contributed by atoms with Gasteiger partial charge in [0.25, 0.3) is 0 Å². The van der Waals surface area contributed by atoms with E-state index in [1.807, 2.05) is 0 Å². The van der Waals surface area contributed by atoms with Crippen molar-refractivity contribution in [2.75, 3.05) is 13.1 Å². The summed E-state index contributed by atoms with van der Waals surface area (Å²) in [6.45, 7) is 3.33. The number of rotatable bonds is 3. The Balaban J connectivity index is 1.53. The van der Waals surface area contributed by atoms with Gasteiger partial charge in [0.15, 0.2) is 0 Å². The third-order valence-electron chi connectivity index (χ3n) is 3.74. The number of halogens is 1. The van der Waals surface area contributed by atoms with E-state index in [0.29, 0.717) is 5.92 Å². The summed E-state index contributed by atoms with van der Waals surface area (Å²) in [5.41, 5.74) is 1.39. The summed E-state index contributed by atoms with van der Waals surface area (Å²) in [6, 6.07) is 10.7. The molecule has 1 aromatic carbocycles. The highest BCUT2D eigenvalue weighted by atomic mass is 79.9. The summed E-state index contributed by atoms with van der Waals surface area (Å²) < 4.78 is 0.953. The van der Waals surface area contributed by atoms with Gasteiger partial charge < -0.3 is 4.84 Å². The molecule has 0 radical (unpaired) electrons. The summed E-state index contributed by atoms with van der Waals surface area (Å²) in [4.78, 5) is 7.97. The lowest BCUT2D eigenvalue weighted by Crippen LogP contribution is -2.25. The van der Waals surface area contributed by atoms with Gasteiger partial charge in [-0.05, 0) is 34.5 Å². The first kappa shape index (κ1) is 12.2. The van der Waals surface area contributed by atoms with Crippen LogP contribution in [-0.4, -0.2) is 28.7 Å². The highest BCUT2D eigenvalue weighted by Gasteiger charge is 2.34. The third-order valence-corrected chi connectivity index (χ3v) is 4.21. The Bertz CT molecular complexity index is 435. The second kappa shape index (κ2) is 5.41. The van der Waals surface area contributed by atoms with Gasteiger partial charge in [0.1, 0.15) is 10.7 Å². The van der Waals surface area contributed by atoms with Gasteiger partial charge in [-0.2, -0.15) is 0 Å². The molecule has 1 aromatic rings. The average Bonchev–Trinajstić information content (AvgIpc) is 2.99. The summed E-state index contributed by atoms with van der Waals surface area (Å²) in [7, 11) is 0. The van der Waals surface area contributed by atoms with Gasteiger partial charge in [-0.15, -0.1) is 0 Å². The maximum absolute atomic E-state index is 5.46. The van der Waals surface area contributed by atoms with Crippen LogP contribution in [0.5, 0.6) is 0 Å². The molecule has 0 aliphatic carbocycles. The van der Waals surface area contributed by atoms with Crippen molar-refractivity contribution in [1.29, 1.82) is 0 Å². The molecule has 2 aliphatic heterocycles. The molecule has 0 amide bonds. The summed E-state index contributed by atoms with van der Waals surface area (Å²) in [5, 5.41) is 3.99. The van der Waals surface area contributed by atoms with Crippen molar-refractivity contribution in [3.63, 3.8) is 0 Å². The predicted octanol–water partition coefficient (Wildman–Crippen LogP) is 3.01. The lowest BCUT2D eigenvalue weighted by molar-refractivity contribution is 0.0428. The molecule has 1 saturated heterocycles. The van der Waals surface area contributed by atoms with E-state index in [9.17, 15) is 0 Å². The van der Waals surface area contributed by atoms with Crippen LogP contribution >= 0.6 is 15.9 Å². The fourth-order valence-corrected chi connectivity index (χ4v) is 3.17. The van der Waals surface area contributed by atoms with E-state index in [4.69, 9.17) is 4.84 Å². The number of oxime groups is 1. The van der Waals surface area contributed by atoms with Gasteiger partial charge in [-0.3, -0.25) is 4.90 Å². The molecule has 0 aromatic heterocycles. The molecule has 1 unspecified atom stereocenters. The summed E-state index contributed by atoms with van der Waals surface area (Å²) in [5.74, 6) is 0.618. The normalized spacial score (nSPS) is 28.2. The van der Waals surface area contributed by atoms with Crippen LogP contribution in [-0.2, 0) is 11.4 Å². The van der Waals surface area contributed by atoms with Crippen LogP contribution in [0, 0.1) is 5.92 Å². The monoisotopic (exact) mass is 308 g/mol. The Kier molecular flexibility index (Phi) is 3.66. The zero-order valence-corrected chi connectivity index (χ0v) is 11.8. The molecule has 4 heteroatoms. The molecule has 0 saturated carbocycles. The van der Waals surface area contributed by atoms with Crippen molar-refractivity contribution < 1.29 is 4.84 Å². The van der Waals surface area contributed by atoms with Gasteiger partial charge in [0.2, 0.25) is 0 Å². The van der Waals surface area contributed by atoms with E-state index in [1.165, 1.54) is 12.0 Å². The second-order valence-corrected chi connectivity index (χ2v) is 6.00. The van der Waals surface area contributed by atoms with Gasteiger partial charge in [0.05, 0.1) is 0 Å². The maximum Gasteiger partial charge on any atom is 0.137 e. The van der Waals surface area contributed by atoms with Crippen molar-refractivity contribution >= 4 is 20.6 Å². The minimum atomic E-state index is 0.278. The van der Waals surface area contributed by atoms with E-state index in [0.717, 1.165) is 30.7 Å². The van der Waals surface area contributed by atoms with Gasteiger partial charge in [-0.25, -0.2) is 0 Å². The fourth-order valence-electron chi connectivity index (χ4n) is 2.77. The number of benzene rings is 1. The Morgan fingerprint density at radius 2 is 2.17 bits per heavy atom. The number of hydrogen-bond acceptors (Lipinski definition) is 3. The summed E-state index contributed by atoms with van der Waals surface area (Å²) in [6.07, 6.45) is 2.43. The lowest BCUT2D eigenvalue weighted by Gasteiger charge is -2.18. The van der Waals surface area contributed by atoms with E-state index in [-0.39, 0.29) is 6.10 Å². The fraction of sp³-hybridized carbons (Fsp3) is 0.500. The van der Waals surface area contributed by atoms with Crippen LogP contribution < -0.4 is 0 Å². The zero-order chi connectivity index (χ0) is 12.4. The Hall–Kier alpha value is -0.870. The van der Waals surface area contributed by atoms with Crippen molar-refractivity contribution in [2.45, 2.75) is 25.5 Å². The number of nitrogens with zero attached hydrogens (tertiary/aromatic N) is 2. The third kappa shape index (κ3) is 2.75. The van der Waals surface area contributed by atoms with Crippen molar-refractivity contribution in [1.82, 2.24) is 4.90 Å². The van der Waals surface area contributed by atoms with E-state index >= 15 is 0 Å². The van der Waals surface area contributed by atoms with Gasteiger partial charge in [0, 0.05) is 25.4 Å². The van der Waals surface area contributed by atoms with Crippen molar-refractivity contribution in [3.05, 3.63) is 35.9 Å². The molecule has 0 spiro atoms. The maximum atomic E-state index is 5.46. The minimum Gasteiger partial charge on any atom is -0.391 e. The second-order valence-electron chi connectivity index (χ2n) is 5.09. The largest absolute Gasteiger partial charge is 0.391 e. The average molecular weight is 309 g/mol. The van der Waals surface area contributed by atoms with Crippen LogP contribution in [0.15, 0.2) is 35.5 Å². The quantitative estimate of drug-likeness (QED) is 0.857. The Labute approximate surface area is 116 Å². The molecular weight excluding hydrogens is 292 g/mol. The number of likely N-dealkylation sites (tertiary alicyclic amines) is 1. The molecular formula is C14H17BrN2O. The molecule has 2 heterocycles. The highest BCUT2D eigenvalue weighted by molar-refractivity contribution is 9.18. The van der Waals surface area contributed by atoms with E-state index in [1.54, 1.807) is 0 Å². The lowest BCUT2D eigenvalue weighted by atomic mass is 10.00. The summed E-state index contributed by atoms with van der Waals surface area (Å²) >= 11 is 3.41. The first-order chi connectivity index (χ1) is 8.81. The molecule has 96 valence electrons. The Morgan fingerprint density at radius 3 is 2.89 bits per heavy atom. The van der Waals surface area contributed by atoms with Crippen LogP contribution in [0.25, 0.3) is 0 Å². The molecule has 0 N–H and O–H groups in total. The van der Waals surface area contributed by atoms with Gasteiger partial charge in [-0.1, -0.05) is 35.5 Å². The Morgan fingerprint density at radius 1 is 1.33 bits per heavy atom. The van der Waals surface area contributed by atoms with Gasteiger partial charge >= 0.3 is 0 Å². The van der Waals surface area contributed by atoms with Crippen LogP contribution in [0.3, 0.4) is 0 Å². The molecule has 0 bridgehead atoms. The van der Waals surface area contributed by atoms with Crippen molar-refractivity contribution in [2.24, 2.45) is 11.1 Å². The molecule has 3 nitrogen and oxygen atoms in total. The smallest absolute Gasteiger partial charge is 0.137 e. The van der Waals surface area contributed by atoms with Crippen LogP contribution in [0.1, 0.15) is 18.4 Å². The first-order valence-electron chi connectivity index (χ1n) is 6.46. The van der Waals surface area contributed by atoms with Crippen LogP contribution in [0.2, 0.25) is 0 Å². The standard InChI is InChI=1S/C14H17BrN2O/c15-14-8-13(18-16-14)12-6-7-17(10-12)9-11-4-2-1-3-5-11/h1-5,12-13H,6-10H2/t12-,13?/m1/s1. The van der Waals surface area contributed by atoms with E-state index in [2.05, 4.69) is 56.3 Å². The predicted molar refractivity (Wildman–Crippen MR) is 75.7 cm³/mol. The molecule has 1 fully saturated rings.